The molecule has 278 valence electrons. The van der Waals surface area contributed by atoms with Gasteiger partial charge in [0, 0.05) is 13.5 Å². The molecule has 0 aromatic rings. The first kappa shape index (κ1) is 36.0. The molecule has 5 aliphatic carbocycles. The second kappa shape index (κ2) is 11.8. The number of aliphatic hydroxyl groups is 1. The first-order chi connectivity index (χ1) is 22.8. The average molecular weight is 688 g/mol. The molecule has 2 spiro atoms. The van der Waals surface area contributed by atoms with Crippen LogP contribution in [0, 0.1) is 51.2 Å². The maximum Gasteiger partial charge on any atom is 0.410 e. The highest BCUT2D eigenvalue weighted by molar-refractivity contribution is 5.68. The standard InChI is InChI=1S/C40H65NO8/c1-23-39-18-17-38(10)26-11-13-28(33(37(8,9)44)46-24(2)42)47-29(26)21-27(38)25(39)12-14-30-36(6,7)31(15-16-40(23,30)39)48-32-22-41(19-20-45-32)34(43)49-35(3,4)5/h23,25-33,44H,11-22H2,1-10H3. The molecule has 7 fully saturated rings. The number of rotatable bonds is 5. The Morgan fingerprint density at radius 3 is 2.31 bits per heavy atom. The molecule has 1 amide bonds. The van der Waals surface area contributed by atoms with Gasteiger partial charge in [-0.05, 0) is 144 Å². The van der Waals surface area contributed by atoms with E-state index in [-0.39, 0.29) is 41.2 Å². The van der Waals surface area contributed by atoms with E-state index in [4.69, 9.17) is 23.7 Å². The number of carbonyl (C=O) groups excluding carboxylic acids is 2. The molecule has 2 aliphatic heterocycles. The molecule has 0 aromatic heterocycles. The van der Waals surface area contributed by atoms with Gasteiger partial charge in [0.25, 0.3) is 0 Å². The molecule has 7 rings (SSSR count). The van der Waals surface area contributed by atoms with Gasteiger partial charge in [-0.15, -0.1) is 0 Å². The van der Waals surface area contributed by atoms with Gasteiger partial charge in [0.15, 0.2) is 12.4 Å². The summed E-state index contributed by atoms with van der Waals surface area (Å²) in [5, 5.41) is 10.9. The van der Waals surface area contributed by atoms with Crippen molar-refractivity contribution < 1.29 is 38.4 Å². The molecule has 1 N–H and O–H groups in total. The third kappa shape index (κ3) is 5.51. The maximum absolute atomic E-state index is 12.8. The van der Waals surface area contributed by atoms with Gasteiger partial charge in [-0.2, -0.15) is 0 Å². The summed E-state index contributed by atoms with van der Waals surface area (Å²) < 4.78 is 31.2. The lowest BCUT2D eigenvalue weighted by Gasteiger charge is -2.60. The topological polar surface area (TPSA) is 104 Å². The summed E-state index contributed by atoms with van der Waals surface area (Å²) in [7, 11) is 0. The zero-order valence-electron chi connectivity index (χ0n) is 32.0. The molecule has 49 heavy (non-hydrogen) atoms. The lowest BCUT2D eigenvalue weighted by molar-refractivity contribution is -0.243. The summed E-state index contributed by atoms with van der Waals surface area (Å²) in [5.74, 6) is 2.80. The molecular weight excluding hydrogens is 622 g/mol. The number of fused-ring (bicyclic) bond motifs is 4. The molecule has 5 saturated carbocycles. The Labute approximate surface area is 294 Å². The molecular formula is C40H65NO8. The van der Waals surface area contributed by atoms with Crippen LogP contribution in [0.5, 0.6) is 0 Å². The number of amides is 1. The van der Waals surface area contributed by atoms with Gasteiger partial charge in [0.05, 0.1) is 37.1 Å². The molecule has 9 heteroatoms. The molecule has 9 nitrogen and oxygen atoms in total. The van der Waals surface area contributed by atoms with Crippen molar-refractivity contribution in [2.24, 2.45) is 51.2 Å². The van der Waals surface area contributed by atoms with E-state index >= 15 is 0 Å². The Bertz CT molecular complexity index is 1300. The van der Waals surface area contributed by atoms with Crippen LogP contribution in [-0.4, -0.2) is 83.7 Å². The number of carbonyl (C=O) groups is 2. The van der Waals surface area contributed by atoms with E-state index in [9.17, 15) is 14.7 Å². The monoisotopic (exact) mass is 687 g/mol. The molecule has 7 aliphatic rings. The van der Waals surface area contributed by atoms with Gasteiger partial charge in [-0.3, -0.25) is 4.79 Å². The van der Waals surface area contributed by atoms with Crippen LogP contribution in [0.2, 0.25) is 0 Å². The Morgan fingerprint density at radius 2 is 1.63 bits per heavy atom. The highest BCUT2D eigenvalue weighted by Crippen LogP contribution is 2.89. The first-order valence-corrected chi connectivity index (χ1v) is 19.6. The Kier molecular flexibility index (Phi) is 8.66. The number of morpholine rings is 1. The van der Waals surface area contributed by atoms with E-state index in [1.54, 1.807) is 18.7 Å². The minimum absolute atomic E-state index is 0.00209. The van der Waals surface area contributed by atoms with Gasteiger partial charge in [-0.1, -0.05) is 27.7 Å². The van der Waals surface area contributed by atoms with Gasteiger partial charge in [-0.25, -0.2) is 4.79 Å². The summed E-state index contributed by atoms with van der Waals surface area (Å²) in [6, 6.07) is 0. The minimum Gasteiger partial charge on any atom is -0.457 e. The second-order valence-corrected chi connectivity index (χ2v) is 19.7. The van der Waals surface area contributed by atoms with E-state index in [2.05, 4.69) is 27.7 Å². The lowest BCUT2D eigenvalue weighted by atomic mass is 9.46. The van der Waals surface area contributed by atoms with Gasteiger partial charge >= 0.3 is 12.1 Å². The minimum atomic E-state index is -1.16. The van der Waals surface area contributed by atoms with Gasteiger partial charge < -0.3 is 33.7 Å². The molecule has 2 heterocycles. The van der Waals surface area contributed by atoms with Crippen LogP contribution < -0.4 is 0 Å². The summed E-state index contributed by atoms with van der Waals surface area (Å²) in [6.45, 7) is 22.0. The first-order valence-electron chi connectivity index (χ1n) is 19.6. The number of hydrogen-bond donors (Lipinski definition) is 1. The molecule has 0 aromatic carbocycles. The zero-order chi connectivity index (χ0) is 35.5. The van der Waals surface area contributed by atoms with Crippen LogP contribution >= 0.6 is 0 Å². The fourth-order valence-corrected chi connectivity index (χ4v) is 13.7. The number of esters is 1. The Balaban J connectivity index is 1.06. The van der Waals surface area contributed by atoms with Crippen molar-refractivity contribution in [2.75, 3.05) is 19.7 Å². The van der Waals surface area contributed by atoms with E-state index < -0.39 is 23.6 Å². The zero-order valence-corrected chi connectivity index (χ0v) is 32.0. The fraction of sp³-hybridized carbons (Fsp3) is 0.950. The molecule has 13 unspecified atom stereocenters. The smallest absolute Gasteiger partial charge is 0.410 e. The SMILES string of the molecule is CC(=O)OC(C1CCC2C(CC3C4CCC5C(C)(C)C(OC6CN(C(=O)OC(C)(C)C)CCO6)CCC56C(C)C46CCC23C)O1)C(C)(C)O. The van der Waals surface area contributed by atoms with E-state index in [0.717, 1.165) is 25.7 Å². The number of ether oxygens (including phenoxy) is 5. The third-order valence-electron chi connectivity index (χ3n) is 15.6. The Morgan fingerprint density at radius 1 is 0.918 bits per heavy atom. The average Bonchev–Trinajstić information content (AvgIpc) is 3.38. The summed E-state index contributed by atoms with van der Waals surface area (Å²) in [5.41, 5.74) is -0.682. The summed E-state index contributed by atoms with van der Waals surface area (Å²) in [6.07, 6.45) is 8.86. The predicted molar refractivity (Wildman–Crippen MR) is 184 cm³/mol. The lowest BCUT2D eigenvalue weighted by Crippen LogP contribution is -2.56. The highest BCUT2D eigenvalue weighted by Gasteiger charge is 2.84. The maximum atomic E-state index is 12.8. The summed E-state index contributed by atoms with van der Waals surface area (Å²) in [4.78, 5) is 26.6. The number of nitrogens with zero attached hydrogens (tertiary/aromatic N) is 1. The van der Waals surface area contributed by atoms with Crippen LogP contribution in [0.15, 0.2) is 0 Å². The van der Waals surface area contributed by atoms with Crippen LogP contribution in [0.4, 0.5) is 4.79 Å². The predicted octanol–water partition coefficient (Wildman–Crippen LogP) is 7.12. The fourth-order valence-electron chi connectivity index (χ4n) is 13.7. The van der Waals surface area contributed by atoms with Crippen molar-refractivity contribution in [3.8, 4) is 0 Å². The molecule has 2 saturated heterocycles. The second-order valence-electron chi connectivity index (χ2n) is 19.7. The largest absolute Gasteiger partial charge is 0.457 e. The van der Waals surface area contributed by atoms with Crippen LogP contribution in [0.25, 0.3) is 0 Å². The van der Waals surface area contributed by atoms with E-state index in [1.165, 1.54) is 39.0 Å². The van der Waals surface area contributed by atoms with E-state index in [0.29, 0.717) is 60.1 Å². The normalized spacial score (nSPS) is 46.3. The molecule has 0 radical (unpaired) electrons. The van der Waals surface area contributed by atoms with E-state index in [1.807, 2.05) is 20.8 Å². The van der Waals surface area contributed by atoms with Gasteiger partial charge in [0.1, 0.15) is 5.60 Å². The third-order valence-corrected chi connectivity index (χ3v) is 15.6. The van der Waals surface area contributed by atoms with Crippen molar-refractivity contribution in [3.05, 3.63) is 0 Å². The van der Waals surface area contributed by atoms with Crippen molar-refractivity contribution in [2.45, 2.75) is 169 Å². The van der Waals surface area contributed by atoms with Crippen LogP contribution in [0.1, 0.15) is 127 Å². The molecule has 0 bridgehead atoms. The quantitative estimate of drug-likeness (QED) is 0.305. The van der Waals surface area contributed by atoms with Gasteiger partial charge in [0.2, 0.25) is 0 Å². The van der Waals surface area contributed by atoms with Crippen molar-refractivity contribution >= 4 is 12.1 Å². The summed E-state index contributed by atoms with van der Waals surface area (Å²) >= 11 is 0. The van der Waals surface area contributed by atoms with Crippen LogP contribution in [-0.2, 0) is 28.5 Å². The van der Waals surface area contributed by atoms with Crippen LogP contribution in [0.3, 0.4) is 0 Å². The highest BCUT2D eigenvalue weighted by atomic mass is 16.7. The van der Waals surface area contributed by atoms with Crippen molar-refractivity contribution in [1.29, 1.82) is 0 Å². The number of hydrogen-bond acceptors (Lipinski definition) is 8. The molecule has 13 atom stereocenters. The van der Waals surface area contributed by atoms with Crippen molar-refractivity contribution in [3.63, 3.8) is 0 Å². The Hall–Kier alpha value is -1.42. The van der Waals surface area contributed by atoms with Crippen molar-refractivity contribution in [1.82, 2.24) is 4.90 Å².